The van der Waals surface area contributed by atoms with Crippen LogP contribution in [0.5, 0.6) is 5.88 Å². The highest BCUT2D eigenvalue weighted by Gasteiger charge is 2.42. The lowest BCUT2D eigenvalue weighted by molar-refractivity contribution is -0.143. The summed E-state index contributed by atoms with van der Waals surface area (Å²) in [6.07, 6.45) is 2.18. The van der Waals surface area contributed by atoms with Crippen LogP contribution in [0.25, 0.3) is 11.3 Å². The second-order valence-corrected chi connectivity index (χ2v) is 14.7. The molecule has 0 radical (unpaired) electrons. The summed E-state index contributed by atoms with van der Waals surface area (Å²) < 4.78 is 40.8. The van der Waals surface area contributed by atoms with Gasteiger partial charge in [0.25, 0.3) is 15.9 Å². The number of hydrogen-bond donors (Lipinski definition) is 1. The van der Waals surface area contributed by atoms with E-state index in [0.717, 1.165) is 16.7 Å². The Morgan fingerprint density at radius 2 is 1.77 bits per heavy atom. The molecule has 1 atom stereocenters. The number of methoxy groups -OCH3 is 1. The first kappa shape index (κ1) is 31.4. The quantitative estimate of drug-likeness (QED) is 0.354. The zero-order chi connectivity index (χ0) is 31.8. The number of aryl methyl sites for hydroxylation is 2. The molecule has 0 spiro atoms. The van der Waals surface area contributed by atoms with Crippen LogP contribution in [0.1, 0.15) is 69.4 Å². The fourth-order valence-corrected chi connectivity index (χ4v) is 7.17. The number of amides is 1. The summed E-state index contributed by atoms with van der Waals surface area (Å²) in [5, 5.41) is 0. The van der Waals surface area contributed by atoms with Crippen LogP contribution in [0.2, 0.25) is 0 Å². The third kappa shape index (κ3) is 6.88. The molecule has 1 aromatic heterocycles. The molecule has 2 heterocycles. The van der Waals surface area contributed by atoms with E-state index in [9.17, 15) is 18.0 Å². The minimum absolute atomic E-state index is 0. The van der Waals surface area contributed by atoms with Gasteiger partial charge in [0.1, 0.15) is 6.61 Å². The number of nitrogens with zero attached hydrogens (tertiary/aromatic N) is 3. The number of sulfonamides is 1. The van der Waals surface area contributed by atoms with Crippen molar-refractivity contribution in [3.05, 3.63) is 65.2 Å². The smallest absolute Gasteiger partial charge is 0.305 e. The molecule has 4 bridgehead atoms. The first-order chi connectivity index (χ1) is 20.7. The molecule has 3 aromatic rings. The van der Waals surface area contributed by atoms with E-state index >= 15 is 0 Å². The van der Waals surface area contributed by atoms with Crippen molar-refractivity contribution < 1.29 is 28.9 Å². The third-order valence-electron chi connectivity index (χ3n) is 8.24. The fraction of sp³-hybridized carbons (Fsp3) is 0.455. The largest absolute Gasteiger partial charge is 0.475 e. The Bertz CT molecular complexity index is 1660. The Balaban J connectivity index is 0.00000461. The number of ether oxygens (including phenoxy) is 2. The Hall–Kier alpha value is -3.99. The molecular formula is C33H42N4O6S. The van der Waals surface area contributed by atoms with Gasteiger partial charge in [-0.05, 0) is 73.8 Å². The number of hydrogen-bond acceptors (Lipinski definition) is 8. The van der Waals surface area contributed by atoms with Crippen LogP contribution >= 0.6 is 0 Å². The maximum absolute atomic E-state index is 14.3. The van der Waals surface area contributed by atoms with Gasteiger partial charge in [0.05, 0.1) is 23.7 Å². The minimum Gasteiger partial charge on any atom is -0.475 e. The number of aromatic nitrogens is 2. The van der Waals surface area contributed by atoms with E-state index in [0.29, 0.717) is 31.4 Å². The molecule has 1 N–H and O–H groups in total. The van der Waals surface area contributed by atoms with E-state index in [1.54, 1.807) is 18.2 Å². The molecule has 1 aliphatic heterocycles. The Kier molecular flexibility index (Phi) is 8.71. The van der Waals surface area contributed by atoms with Crippen molar-refractivity contribution in [2.75, 3.05) is 18.4 Å². The molecule has 44 heavy (non-hydrogen) atoms. The van der Waals surface area contributed by atoms with E-state index < -0.39 is 10.0 Å². The monoisotopic (exact) mass is 622 g/mol. The van der Waals surface area contributed by atoms with Crippen molar-refractivity contribution in [2.45, 2.75) is 77.3 Å². The lowest BCUT2D eigenvalue weighted by Crippen LogP contribution is -2.55. The van der Waals surface area contributed by atoms with Gasteiger partial charge in [-0.15, -0.1) is 0 Å². The number of rotatable bonds is 5. The van der Waals surface area contributed by atoms with Crippen LogP contribution in [-0.2, 0) is 19.6 Å². The van der Waals surface area contributed by atoms with Gasteiger partial charge >= 0.3 is 5.97 Å². The van der Waals surface area contributed by atoms with Crippen molar-refractivity contribution >= 4 is 27.8 Å². The predicted octanol–water partition coefficient (Wildman–Crippen LogP) is 5.79. The summed E-state index contributed by atoms with van der Waals surface area (Å²) in [6.45, 7) is 10.4. The Morgan fingerprint density at radius 1 is 1.09 bits per heavy atom. The minimum atomic E-state index is -4.15. The molecule has 5 rings (SSSR count). The van der Waals surface area contributed by atoms with E-state index in [1.807, 2.05) is 36.9 Å². The molecule has 1 saturated carbocycles. The topological polar surface area (TPSA) is 128 Å². The highest BCUT2D eigenvalue weighted by Crippen LogP contribution is 2.39. The van der Waals surface area contributed by atoms with Crippen molar-refractivity contribution in [1.82, 2.24) is 14.9 Å². The molecule has 236 valence electrons. The maximum atomic E-state index is 14.3. The highest BCUT2D eigenvalue weighted by molar-refractivity contribution is 7.92. The standard InChI is InChI=1S/C33H40N4O6S.H2/c1-20-9-7-10-21(2)30(20)27-17-28-35-32(34-27)36-44(40,41)26-12-8-11-23(16-26)31(39)37(25(19-43-28)18-33(3,4)5)24-13-22(14-24)15-29(38)42-6;/h7-12,16-17,22,24-25H,13-15,18-19H2,1-6H3,(H,34,35,36);1H/t22?,24?,25-;/m1./s1. The Labute approximate surface area is 260 Å². The summed E-state index contributed by atoms with van der Waals surface area (Å²) in [7, 11) is -2.78. The van der Waals surface area contributed by atoms with Crippen LogP contribution in [-0.4, -0.2) is 61.0 Å². The lowest BCUT2D eigenvalue weighted by atomic mass is 9.75. The molecular weight excluding hydrogens is 580 g/mol. The number of anilines is 1. The molecule has 11 heteroatoms. The van der Waals surface area contributed by atoms with Gasteiger partial charge in [0.2, 0.25) is 11.8 Å². The van der Waals surface area contributed by atoms with Gasteiger partial charge in [0.15, 0.2) is 0 Å². The van der Waals surface area contributed by atoms with Gasteiger partial charge in [-0.1, -0.05) is 45.0 Å². The van der Waals surface area contributed by atoms with Gasteiger partial charge in [-0.2, -0.15) is 4.98 Å². The van der Waals surface area contributed by atoms with Gasteiger partial charge in [0, 0.05) is 31.1 Å². The number of fused-ring (bicyclic) bond motifs is 4. The molecule has 1 fully saturated rings. The van der Waals surface area contributed by atoms with Crippen molar-refractivity contribution in [3.8, 4) is 17.1 Å². The highest BCUT2D eigenvalue weighted by atomic mass is 32.2. The summed E-state index contributed by atoms with van der Waals surface area (Å²) >= 11 is 0. The second-order valence-electron chi connectivity index (χ2n) is 13.0. The molecule has 0 saturated heterocycles. The number of carbonyl (C=O) groups is 2. The summed E-state index contributed by atoms with van der Waals surface area (Å²) in [5.41, 5.74) is 3.43. The lowest BCUT2D eigenvalue weighted by Gasteiger charge is -2.47. The van der Waals surface area contributed by atoms with E-state index in [2.05, 4.69) is 35.5 Å². The predicted molar refractivity (Wildman–Crippen MR) is 169 cm³/mol. The molecule has 0 unspecified atom stereocenters. The normalized spacial score (nSPS) is 21.5. The number of carbonyl (C=O) groups excluding carboxylic acids is 2. The van der Waals surface area contributed by atoms with E-state index in [4.69, 9.17) is 9.47 Å². The molecule has 1 amide bonds. The second kappa shape index (κ2) is 12.2. The third-order valence-corrected chi connectivity index (χ3v) is 9.57. The van der Waals surface area contributed by atoms with Crippen molar-refractivity contribution in [3.63, 3.8) is 0 Å². The SMILES string of the molecule is COC(=O)CC1CC(N2C(=O)c3cccc(c3)S(=O)(=O)Nc3nc(cc(-c4c(C)cccc4C)n3)OC[C@H]2CC(C)(C)C)C1.[HH]. The summed E-state index contributed by atoms with van der Waals surface area (Å²) in [4.78, 5) is 37.0. The average Bonchev–Trinajstić information content (AvgIpc) is 2.93. The van der Waals surface area contributed by atoms with Crippen molar-refractivity contribution in [1.29, 1.82) is 0 Å². The number of esters is 1. The van der Waals surface area contributed by atoms with Gasteiger partial charge in [-0.3, -0.25) is 9.59 Å². The zero-order valence-corrected chi connectivity index (χ0v) is 26.9. The molecule has 1 aliphatic carbocycles. The van der Waals surface area contributed by atoms with Crippen LogP contribution in [0, 0.1) is 25.2 Å². The van der Waals surface area contributed by atoms with Crippen LogP contribution in [0.4, 0.5) is 5.95 Å². The van der Waals surface area contributed by atoms with Crippen molar-refractivity contribution in [2.24, 2.45) is 11.3 Å². The first-order valence-corrected chi connectivity index (χ1v) is 16.3. The van der Waals surface area contributed by atoms with Gasteiger partial charge < -0.3 is 14.4 Å². The van der Waals surface area contributed by atoms with Crippen LogP contribution < -0.4 is 9.46 Å². The van der Waals surface area contributed by atoms with E-state index in [1.165, 1.54) is 19.2 Å². The molecule has 2 aliphatic rings. The first-order valence-electron chi connectivity index (χ1n) is 14.8. The van der Waals surface area contributed by atoms with E-state index in [-0.39, 0.29) is 65.6 Å². The average molecular weight is 623 g/mol. The maximum Gasteiger partial charge on any atom is 0.305 e. The van der Waals surface area contributed by atoms with Crippen LogP contribution in [0.15, 0.2) is 53.4 Å². The zero-order valence-electron chi connectivity index (χ0n) is 26.1. The fourth-order valence-electron chi connectivity index (χ4n) is 6.18. The Morgan fingerprint density at radius 3 is 2.43 bits per heavy atom. The number of benzene rings is 2. The molecule has 10 nitrogen and oxygen atoms in total. The number of nitrogens with one attached hydrogen (secondary N) is 1. The summed E-state index contributed by atoms with van der Waals surface area (Å²) in [6, 6.07) is 13.1. The molecule has 2 aromatic carbocycles. The summed E-state index contributed by atoms with van der Waals surface area (Å²) in [5.74, 6) is -0.380. The van der Waals surface area contributed by atoms with Gasteiger partial charge in [-0.25, -0.2) is 18.1 Å². The van der Waals surface area contributed by atoms with Crippen LogP contribution in [0.3, 0.4) is 0 Å².